The third-order valence-corrected chi connectivity index (χ3v) is 3.86. The second kappa shape index (κ2) is 6.29. The molecule has 2 aromatic heterocycles. The number of rotatable bonds is 6. The van der Waals surface area contributed by atoms with Gasteiger partial charge in [0.05, 0.1) is 18.1 Å². The first-order chi connectivity index (χ1) is 10.7. The third kappa shape index (κ3) is 2.63. The van der Waals surface area contributed by atoms with E-state index in [-0.39, 0.29) is 0 Å². The molecule has 0 atom stereocenters. The van der Waals surface area contributed by atoms with E-state index in [1.165, 1.54) is 0 Å². The van der Waals surface area contributed by atoms with E-state index in [2.05, 4.69) is 26.1 Å². The summed E-state index contributed by atoms with van der Waals surface area (Å²) in [5.74, 6) is 1.47. The summed E-state index contributed by atoms with van der Waals surface area (Å²) in [6.45, 7) is 3.76. The number of nitrogens with zero attached hydrogens (tertiary/aromatic N) is 3. The second-order valence-electron chi connectivity index (χ2n) is 5.33. The number of anilines is 1. The summed E-state index contributed by atoms with van der Waals surface area (Å²) in [7, 11) is 1.63. The molecule has 0 amide bonds. The van der Waals surface area contributed by atoms with Crippen LogP contribution in [0.3, 0.4) is 0 Å². The van der Waals surface area contributed by atoms with Gasteiger partial charge < -0.3 is 15.1 Å². The maximum Gasteiger partial charge on any atom is 0.152 e. The number of pyridine rings is 1. The number of nitrogen functional groups attached to an aromatic ring is 1. The molecule has 22 heavy (non-hydrogen) atoms. The van der Waals surface area contributed by atoms with E-state index in [0.717, 1.165) is 53.7 Å². The molecule has 3 aromatic rings. The van der Waals surface area contributed by atoms with Gasteiger partial charge in [0.25, 0.3) is 0 Å². The van der Waals surface area contributed by atoms with Crippen molar-refractivity contribution < 1.29 is 4.84 Å². The van der Waals surface area contributed by atoms with Gasteiger partial charge in [-0.05, 0) is 25.8 Å². The molecule has 0 radical (unpaired) electrons. The fourth-order valence-corrected chi connectivity index (χ4v) is 2.81. The Bertz CT molecular complexity index is 796. The number of benzene rings is 1. The van der Waals surface area contributed by atoms with E-state index in [0.29, 0.717) is 5.82 Å². The molecule has 0 unspecified atom stereocenters. The van der Waals surface area contributed by atoms with Gasteiger partial charge in [0.15, 0.2) is 5.82 Å². The Morgan fingerprint density at radius 3 is 2.86 bits per heavy atom. The van der Waals surface area contributed by atoms with Gasteiger partial charge in [-0.2, -0.15) is 0 Å². The molecule has 0 saturated heterocycles. The Hall–Kier alpha value is -2.18. The minimum Gasteiger partial charge on any atom is -0.382 e. The van der Waals surface area contributed by atoms with Gasteiger partial charge in [-0.15, -0.1) is 0 Å². The maximum atomic E-state index is 6.09. The zero-order valence-electron chi connectivity index (χ0n) is 13.0. The SMILES string of the molecule is CONCCCCn1c(C)nc2c(N)nc3ccccc3c21. The summed E-state index contributed by atoms with van der Waals surface area (Å²) >= 11 is 0. The predicted octanol–water partition coefficient (Wildman–Crippen LogP) is 2.41. The van der Waals surface area contributed by atoms with Gasteiger partial charge in [0.2, 0.25) is 0 Å². The van der Waals surface area contributed by atoms with Crippen LogP contribution in [0.15, 0.2) is 24.3 Å². The van der Waals surface area contributed by atoms with Crippen molar-refractivity contribution in [2.24, 2.45) is 0 Å². The molecule has 3 rings (SSSR count). The third-order valence-electron chi connectivity index (χ3n) is 3.86. The summed E-state index contributed by atoms with van der Waals surface area (Å²) in [5.41, 5.74) is 11.7. The largest absolute Gasteiger partial charge is 0.382 e. The summed E-state index contributed by atoms with van der Waals surface area (Å²) in [5, 5.41) is 1.10. The zero-order valence-corrected chi connectivity index (χ0v) is 13.0. The standard InChI is InChI=1S/C16H21N5O/c1-11-19-14-15(21(11)10-6-5-9-18-22-2)12-7-3-4-8-13(12)20-16(14)17/h3-4,7-8,18H,5-6,9-10H2,1-2H3,(H2,17,20). The van der Waals surface area contributed by atoms with Crippen molar-refractivity contribution >= 4 is 27.8 Å². The van der Waals surface area contributed by atoms with E-state index >= 15 is 0 Å². The molecule has 6 nitrogen and oxygen atoms in total. The minimum atomic E-state index is 0.497. The lowest BCUT2D eigenvalue weighted by Crippen LogP contribution is -2.13. The molecule has 116 valence electrons. The molecule has 0 aliphatic heterocycles. The number of imidazole rings is 1. The van der Waals surface area contributed by atoms with Crippen molar-refractivity contribution in [3.8, 4) is 0 Å². The fourth-order valence-electron chi connectivity index (χ4n) is 2.81. The van der Waals surface area contributed by atoms with Crippen LogP contribution in [-0.2, 0) is 11.4 Å². The quantitative estimate of drug-likeness (QED) is 0.540. The first-order valence-corrected chi connectivity index (χ1v) is 7.49. The molecule has 0 aliphatic carbocycles. The van der Waals surface area contributed by atoms with Gasteiger partial charge in [-0.1, -0.05) is 18.2 Å². The predicted molar refractivity (Wildman–Crippen MR) is 88.4 cm³/mol. The number of hydrogen-bond acceptors (Lipinski definition) is 5. The fraction of sp³-hybridized carbons (Fsp3) is 0.375. The zero-order chi connectivity index (χ0) is 15.5. The highest BCUT2D eigenvalue weighted by Crippen LogP contribution is 2.28. The highest BCUT2D eigenvalue weighted by Gasteiger charge is 2.14. The molecule has 3 N–H and O–H groups in total. The first kappa shape index (κ1) is 14.7. The lowest BCUT2D eigenvalue weighted by atomic mass is 10.2. The Balaban J connectivity index is 2.00. The van der Waals surface area contributed by atoms with Crippen LogP contribution in [0.2, 0.25) is 0 Å². The molecule has 2 heterocycles. The van der Waals surface area contributed by atoms with E-state index in [4.69, 9.17) is 10.6 Å². The van der Waals surface area contributed by atoms with Gasteiger partial charge >= 0.3 is 0 Å². The van der Waals surface area contributed by atoms with Crippen LogP contribution in [-0.4, -0.2) is 28.2 Å². The van der Waals surface area contributed by atoms with Crippen molar-refractivity contribution in [2.75, 3.05) is 19.4 Å². The average Bonchev–Trinajstić information content (AvgIpc) is 2.85. The van der Waals surface area contributed by atoms with Crippen molar-refractivity contribution in [3.63, 3.8) is 0 Å². The summed E-state index contributed by atoms with van der Waals surface area (Å²) in [6.07, 6.45) is 2.07. The Morgan fingerprint density at radius 2 is 2.05 bits per heavy atom. The normalized spacial score (nSPS) is 11.5. The van der Waals surface area contributed by atoms with E-state index < -0.39 is 0 Å². The lowest BCUT2D eigenvalue weighted by molar-refractivity contribution is 0.0904. The van der Waals surface area contributed by atoms with Crippen LogP contribution in [0.25, 0.3) is 21.9 Å². The highest BCUT2D eigenvalue weighted by molar-refractivity contribution is 6.06. The summed E-state index contributed by atoms with van der Waals surface area (Å²) in [4.78, 5) is 13.9. The van der Waals surface area contributed by atoms with Crippen molar-refractivity contribution in [1.29, 1.82) is 0 Å². The molecule has 6 heteroatoms. The average molecular weight is 299 g/mol. The molecular weight excluding hydrogens is 278 g/mol. The first-order valence-electron chi connectivity index (χ1n) is 7.49. The van der Waals surface area contributed by atoms with Crippen LogP contribution < -0.4 is 11.2 Å². The van der Waals surface area contributed by atoms with Crippen molar-refractivity contribution in [1.82, 2.24) is 20.0 Å². The van der Waals surface area contributed by atoms with Crippen LogP contribution >= 0.6 is 0 Å². The van der Waals surface area contributed by atoms with Crippen LogP contribution in [0.4, 0.5) is 5.82 Å². The van der Waals surface area contributed by atoms with Crippen LogP contribution in [0, 0.1) is 6.92 Å². The topological polar surface area (TPSA) is 78.0 Å². The number of hydroxylamine groups is 1. The van der Waals surface area contributed by atoms with Crippen molar-refractivity contribution in [2.45, 2.75) is 26.3 Å². The number of unbranched alkanes of at least 4 members (excludes halogenated alkanes) is 1. The number of fused-ring (bicyclic) bond motifs is 3. The van der Waals surface area contributed by atoms with Crippen LogP contribution in [0.1, 0.15) is 18.7 Å². The number of hydrogen-bond donors (Lipinski definition) is 2. The molecule has 0 saturated carbocycles. The van der Waals surface area contributed by atoms with Crippen LogP contribution in [0.5, 0.6) is 0 Å². The van der Waals surface area contributed by atoms with Gasteiger partial charge in [0, 0.05) is 18.5 Å². The minimum absolute atomic E-state index is 0.497. The van der Waals surface area contributed by atoms with E-state index in [1.807, 2.05) is 25.1 Å². The summed E-state index contributed by atoms with van der Waals surface area (Å²) < 4.78 is 2.24. The molecular formula is C16H21N5O. The number of para-hydroxylation sites is 1. The molecule has 0 fully saturated rings. The molecule has 0 bridgehead atoms. The maximum absolute atomic E-state index is 6.09. The number of aryl methyl sites for hydroxylation is 2. The van der Waals surface area contributed by atoms with Crippen molar-refractivity contribution in [3.05, 3.63) is 30.1 Å². The smallest absolute Gasteiger partial charge is 0.152 e. The van der Waals surface area contributed by atoms with Gasteiger partial charge in [-0.25, -0.2) is 15.4 Å². The Morgan fingerprint density at radius 1 is 1.23 bits per heavy atom. The number of nitrogens with two attached hydrogens (primary N) is 1. The lowest BCUT2D eigenvalue weighted by Gasteiger charge is -2.09. The monoisotopic (exact) mass is 299 g/mol. The number of nitrogens with one attached hydrogen (secondary N) is 1. The summed E-state index contributed by atoms with van der Waals surface area (Å²) in [6, 6.07) is 8.06. The van der Waals surface area contributed by atoms with E-state index in [9.17, 15) is 0 Å². The number of aromatic nitrogens is 3. The molecule has 0 aliphatic rings. The Kier molecular flexibility index (Phi) is 4.22. The molecule has 0 spiro atoms. The molecule has 1 aromatic carbocycles. The van der Waals surface area contributed by atoms with Gasteiger partial charge in [-0.3, -0.25) is 0 Å². The van der Waals surface area contributed by atoms with Gasteiger partial charge in [0.1, 0.15) is 11.3 Å². The second-order valence-corrected chi connectivity index (χ2v) is 5.33. The Labute approximate surface area is 129 Å². The highest BCUT2D eigenvalue weighted by atomic mass is 16.6. The van der Waals surface area contributed by atoms with E-state index in [1.54, 1.807) is 7.11 Å².